The van der Waals surface area contributed by atoms with Crippen LogP contribution in [0.3, 0.4) is 0 Å². The van der Waals surface area contributed by atoms with Crippen molar-refractivity contribution < 1.29 is 14.3 Å². The van der Waals surface area contributed by atoms with E-state index in [4.69, 9.17) is 4.74 Å². The van der Waals surface area contributed by atoms with Crippen LogP contribution in [0.2, 0.25) is 0 Å². The second-order valence-corrected chi connectivity index (χ2v) is 9.70. The highest BCUT2D eigenvalue weighted by Gasteiger charge is 2.32. The van der Waals surface area contributed by atoms with E-state index < -0.39 is 6.04 Å². The lowest BCUT2D eigenvalue weighted by Gasteiger charge is -2.32. The van der Waals surface area contributed by atoms with E-state index in [-0.39, 0.29) is 24.5 Å². The molecule has 4 rings (SSSR count). The van der Waals surface area contributed by atoms with Gasteiger partial charge in [0.05, 0.1) is 0 Å². The number of ether oxygens (including phenoxy) is 1. The fourth-order valence-corrected chi connectivity index (χ4v) is 4.83. The van der Waals surface area contributed by atoms with Crippen molar-refractivity contribution in [2.75, 3.05) is 6.61 Å². The molecule has 2 amide bonds. The van der Waals surface area contributed by atoms with E-state index in [1.165, 1.54) is 0 Å². The van der Waals surface area contributed by atoms with Crippen LogP contribution in [0.15, 0.2) is 78.9 Å². The Morgan fingerprint density at radius 1 is 0.889 bits per heavy atom. The van der Waals surface area contributed by atoms with E-state index in [1.54, 1.807) is 4.90 Å². The van der Waals surface area contributed by atoms with E-state index in [9.17, 15) is 9.59 Å². The van der Waals surface area contributed by atoms with Gasteiger partial charge in [-0.1, -0.05) is 85.6 Å². The molecule has 3 aromatic rings. The smallest absolute Gasteiger partial charge is 0.261 e. The second-order valence-electron chi connectivity index (χ2n) is 9.70. The molecule has 1 aliphatic carbocycles. The number of amides is 2. The number of para-hydroxylation sites is 1. The number of nitrogens with zero attached hydrogens (tertiary/aromatic N) is 1. The van der Waals surface area contributed by atoms with E-state index in [0.29, 0.717) is 18.7 Å². The molecule has 1 aliphatic rings. The van der Waals surface area contributed by atoms with Gasteiger partial charge in [-0.2, -0.15) is 0 Å². The minimum Gasteiger partial charge on any atom is -0.484 e. The van der Waals surface area contributed by atoms with Crippen molar-refractivity contribution in [3.05, 3.63) is 101 Å². The topological polar surface area (TPSA) is 58.6 Å². The molecule has 0 bridgehead atoms. The maximum Gasteiger partial charge on any atom is 0.261 e. The van der Waals surface area contributed by atoms with Gasteiger partial charge in [0, 0.05) is 19.0 Å². The molecule has 1 atom stereocenters. The number of hydrogen-bond acceptors (Lipinski definition) is 3. The van der Waals surface area contributed by atoms with E-state index >= 15 is 0 Å². The molecule has 0 radical (unpaired) electrons. The lowest BCUT2D eigenvalue weighted by Crippen LogP contribution is -2.53. The van der Waals surface area contributed by atoms with Crippen LogP contribution in [-0.4, -0.2) is 35.4 Å². The summed E-state index contributed by atoms with van der Waals surface area (Å²) in [7, 11) is 0. The minimum atomic E-state index is -0.638. The summed E-state index contributed by atoms with van der Waals surface area (Å²) in [6.45, 7) is 4.21. The highest BCUT2D eigenvalue weighted by atomic mass is 16.5. The van der Waals surface area contributed by atoms with Crippen LogP contribution in [-0.2, 0) is 22.6 Å². The molecule has 0 aromatic heterocycles. The average Bonchev–Trinajstić information content (AvgIpc) is 3.40. The summed E-state index contributed by atoms with van der Waals surface area (Å²) in [5.41, 5.74) is 4.10. The monoisotopic (exact) mass is 484 g/mol. The summed E-state index contributed by atoms with van der Waals surface area (Å²) in [5, 5.41) is 3.24. The lowest BCUT2D eigenvalue weighted by molar-refractivity contribution is -0.143. The van der Waals surface area contributed by atoms with Gasteiger partial charge >= 0.3 is 0 Å². The summed E-state index contributed by atoms with van der Waals surface area (Å²) < 4.78 is 5.94. The number of hydrogen-bond donors (Lipinski definition) is 1. The van der Waals surface area contributed by atoms with Gasteiger partial charge in [-0.3, -0.25) is 9.59 Å². The average molecular weight is 485 g/mol. The van der Waals surface area contributed by atoms with Crippen LogP contribution in [0, 0.1) is 13.8 Å². The third-order valence-electron chi connectivity index (χ3n) is 7.02. The van der Waals surface area contributed by atoms with E-state index in [0.717, 1.165) is 47.9 Å². The van der Waals surface area contributed by atoms with Gasteiger partial charge in [0.2, 0.25) is 5.91 Å². The first-order valence-electron chi connectivity index (χ1n) is 12.9. The number of rotatable bonds is 10. The van der Waals surface area contributed by atoms with Gasteiger partial charge in [-0.15, -0.1) is 0 Å². The molecule has 5 nitrogen and oxygen atoms in total. The quantitative estimate of drug-likeness (QED) is 0.420. The van der Waals surface area contributed by atoms with E-state index in [2.05, 4.69) is 5.32 Å². The highest BCUT2D eigenvalue weighted by Crippen LogP contribution is 2.22. The van der Waals surface area contributed by atoms with Crippen molar-refractivity contribution in [2.45, 2.75) is 64.6 Å². The van der Waals surface area contributed by atoms with Gasteiger partial charge < -0.3 is 15.0 Å². The van der Waals surface area contributed by atoms with Crippen LogP contribution in [0.25, 0.3) is 0 Å². The minimum absolute atomic E-state index is 0.0939. The molecule has 5 heteroatoms. The maximum absolute atomic E-state index is 13.7. The number of aryl methyl sites for hydroxylation is 2. The second kappa shape index (κ2) is 12.4. The Hall–Kier alpha value is -3.60. The van der Waals surface area contributed by atoms with Crippen LogP contribution in [0.5, 0.6) is 5.75 Å². The van der Waals surface area contributed by atoms with Gasteiger partial charge in [0.1, 0.15) is 11.8 Å². The van der Waals surface area contributed by atoms with Crippen molar-refractivity contribution >= 4 is 11.8 Å². The molecule has 1 N–H and O–H groups in total. The van der Waals surface area contributed by atoms with E-state index in [1.807, 2.05) is 92.7 Å². The molecule has 0 aliphatic heterocycles. The Labute approximate surface area is 214 Å². The first-order chi connectivity index (χ1) is 17.5. The molecule has 0 unspecified atom stereocenters. The standard InChI is InChI=1S/C31H36N2O3/c1-23-12-6-8-16-26(23)21-33(30(34)22-36-29-19-11-7-13-24(29)2)28(20-25-14-4-3-5-15-25)31(35)32-27-17-9-10-18-27/h3-8,11-16,19,27-28H,9-10,17-18,20-22H2,1-2H3,(H,32,35)/t28-/m0/s1. The number of carbonyl (C=O) groups is 2. The molecule has 188 valence electrons. The Balaban J connectivity index is 1.63. The highest BCUT2D eigenvalue weighted by molar-refractivity contribution is 5.88. The summed E-state index contributed by atoms with van der Waals surface area (Å²) in [6, 6.07) is 25.1. The Morgan fingerprint density at radius 2 is 1.53 bits per heavy atom. The molecule has 0 heterocycles. The van der Waals surface area contributed by atoms with Gasteiger partial charge in [0.15, 0.2) is 6.61 Å². The first-order valence-corrected chi connectivity index (χ1v) is 12.9. The van der Waals surface area contributed by atoms with Crippen molar-refractivity contribution in [2.24, 2.45) is 0 Å². The zero-order valence-corrected chi connectivity index (χ0v) is 21.3. The normalized spacial score (nSPS) is 14.3. The predicted octanol–water partition coefficient (Wildman–Crippen LogP) is 5.38. The number of benzene rings is 3. The largest absolute Gasteiger partial charge is 0.484 e. The zero-order chi connectivity index (χ0) is 25.3. The van der Waals surface area contributed by atoms with Crippen LogP contribution in [0.4, 0.5) is 0 Å². The van der Waals surface area contributed by atoms with Crippen LogP contribution in [0.1, 0.15) is 47.9 Å². The molecule has 3 aromatic carbocycles. The third kappa shape index (κ3) is 6.75. The van der Waals surface area contributed by atoms with Gasteiger partial charge in [0.25, 0.3) is 5.91 Å². The van der Waals surface area contributed by atoms with Crippen LogP contribution >= 0.6 is 0 Å². The fraction of sp³-hybridized carbons (Fsp3) is 0.355. The summed E-state index contributed by atoms with van der Waals surface area (Å²) >= 11 is 0. The molecule has 0 spiro atoms. The Bertz CT molecular complexity index is 1160. The SMILES string of the molecule is Cc1ccccc1CN(C(=O)COc1ccccc1C)[C@@H](Cc1ccccc1)C(=O)NC1CCCC1. The van der Waals surface area contributed by atoms with Crippen molar-refractivity contribution in [1.29, 1.82) is 0 Å². The number of nitrogens with one attached hydrogen (secondary N) is 1. The number of carbonyl (C=O) groups excluding carboxylic acids is 2. The van der Waals surface area contributed by atoms with Crippen LogP contribution < -0.4 is 10.1 Å². The molecular formula is C31H36N2O3. The summed E-state index contributed by atoms with van der Waals surface area (Å²) in [4.78, 5) is 29.2. The first kappa shape index (κ1) is 25.5. The molecular weight excluding hydrogens is 448 g/mol. The zero-order valence-electron chi connectivity index (χ0n) is 21.3. The Kier molecular flexibility index (Phi) is 8.77. The fourth-order valence-electron chi connectivity index (χ4n) is 4.83. The molecule has 1 fully saturated rings. The Morgan fingerprint density at radius 3 is 2.22 bits per heavy atom. The lowest BCUT2D eigenvalue weighted by atomic mass is 10.0. The van der Waals surface area contributed by atoms with Gasteiger partial charge in [-0.25, -0.2) is 0 Å². The van der Waals surface area contributed by atoms with Crippen molar-refractivity contribution in [3.63, 3.8) is 0 Å². The molecule has 36 heavy (non-hydrogen) atoms. The summed E-state index contributed by atoms with van der Waals surface area (Å²) in [5.74, 6) is 0.379. The summed E-state index contributed by atoms with van der Waals surface area (Å²) in [6.07, 6.45) is 4.69. The maximum atomic E-state index is 13.7. The van der Waals surface area contributed by atoms with Crippen molar-refractivity contribution in [1.82, 2.24) is 10.2 Å². The predicted molar refractivity (Wildman–Crippen MR) is 143 cm³/mol. The molecule has 0 saturated heterocycles. The van der Waals surface area contributed by atoms with Crippen molar-refractivity contribution in [3.8, 4) is 5.75 Å². The molecule has 1 saturated carbocycles. The van der Waals surface area contributed by atoms with Gasteiger partial charge in [-0.05, 0) is 55.0 Å². The third-order valence-corrected chi connectivity index (χ3v) is 7.02.